The van der Waals surface area contributed by atoms with E-state index in [4.69, 9.17) is 13.9 Å². The van der Waals surface area contributed by atoms with Gasteiger partial charge < -0.3 is 13.9 Å². The maximum atomic E-state index is 12.5. The van der Waals surface area contributed by atoms with E-state index in [9.17, 15) is 9.59 Å². The molecule has 1 saturated heterocycles. The van der Waals surface area contributed by atoms with Gasteiger partial charge in [-0.2, -0.15) is 0 Å². The van der Waals surface area contributed by atoms with Crippen LogP contribution < -0.4 is 0 Å². The molecule has 0 bridgehead atoms. The highest BCUT2D eigenvalue weighted by Gasteiger charge is 2.52. The van der Waals surface area contributed by atoms with E-state index in [0.29, 0.717) is 6.61 Å². The molecular weight excluding hydrogens is 396 g/mol. The molecule has 0 unspecified atom stereocenters. The van der Waals surface area contributed by atoms with Gasteiger partial charge in [-0.25, -0.2) is 0 Å². The molecule has 0 N–H and O–H groups in total. The van der Waals surface area contributed by atoms with Crippen LogP contribution >= 0.6 is 0 Å². The molecule has 0 saturated carbocycles. The van der Waals surface area contributed by atoms with Gasteiger partial charge in [0, 0.05) is 5.92 Å². The lowest BCUT2D eigenvalue weighted by Crippen LogP contribution is -2.51. The highest BCUT2D eigenvalue weighted by molar-refractivity contribution is 6.74. The average Bonchev–Trinajstić information content (AvgIpc) is 2.94. The first-order valence-electron chi connectivity index (χ1n) is 10.6. The number of aldehydes is 1. The molecule has 0 aromatic heterocycles. The van der Waals surface area contributed by atoms with E-state index in [1.165, 1.54) is 6.08 Å². The third-order valence-corrected chi connectivity index (χ3v) is 10.8. The fourth-order valence-corrected chi connectivity index (χ4v) is 4.68. The van der Waals surface area contributed by atoms with Gasteiger partial charge >= 0.3 is 5.97 Å². The molecule has 0 radical (unpaired) electrons. The SMILES string of the molecule is C[C@H](/C=C/C=O)[C@H](OCc1ccccc1)[C@@H]1OC(=O)[C@H](C)[C@H]1O[Si](C)(C)C(C)(C)C. The maximum absolute atomic E-state index is 12.5. The fourth-order valence-electron chi connectivity index (χ4n) is 3.31. The summed E-state index contributed by atoms with van der Waals surface area (Å²) in [7, 11) is -2.14. The van der Waals surface area contributed by atoms with Gasteiger partial charge in [0.2, 0.25) is 0 Å². The number of benzene rings is 1. The number of carbonyl (C=O) groups is 2. The minimum Gasteiger partial charge on any atom is -0.457 e. The maximum Gasteiger partial charge on any atom is 0.311 e. The smallest absolute Gasteiger partial charge is 0.311 e. The van der Waals surface area contributed by atoms with Crippen LogP contribution in [-0.4, -0.2) is 38.9 Å². The highest BCUT2D eigenvalue weighted by atomic mass is 28.4. The summed E-state index contributed by atoms with van der Waals surface area (Å²) in [5.74, 6) is -0.759. The van der Waals surface area contributed by atoms with E-state index in [1.54, 1.807) is 6.08 Å². The van der Waals surface area contributed by atoms with Crippen molar-refractivity contribution in [1.29, 1.82) is 0 Å². The molecule has 0 amide bonds. The van der Waals surface area contributed by atoms with Crippen LogP contribution in [-0.2, 0) is 30.1 Å². The van der Waals surface area contributed by atoms with E-state index >= 15 is 0 Å². The Hall–Kier alpha value is -1.76. The van der Waals surface area contributed by atoms with Crippen molar-refractivity contribution in [3.63, 3.8) is 0 Å². The second kappa shape index (κ2) is 10.0. The number of allylic oxidation sites excluding steroid dienone is 1. The Morgan fingerprint density at radius 2 is 1.83 bits per heavy atom. The Balaban J connectivity index is 2.31. The van der Waals surface area contributed by atoms with Gasteiger partial charge in [-0.3, -0.25) is 9.59 Å². The molecule has 1 aromatic rings. The van der Waals surface area contributed by atoms with Gasteiger partial charge in [0.15, 0.2) is 14.4 Å². The molecule has 6 heteroatoms. The standard InChI is InChI=1S/C24H36O5Si/c1-17(12-11-15-25)20(27-16-19-13-9-8-10-14-19)22-21(18(2)23(26)28-22)29-30(6,7)24(3,4)5/h8-15,17-18,20-22H,16H2,1-7H3/b12-11+/t17-,18-,20+,21-,22+/m1/s1. The number of hydrogen-bond donors (Lipinski definition) is 0. The summed E-state index contributed by atoms with van der Waals surface area (Å²) in [5, 5.41) is 0.00629. The molecule has 2 rings (SSSR count). The summed E-state index contributed by atoms with van der Waals surface area (Å²) >= 11 is 0. The van der Waals surface area contributed by atoms with Gasteiger partial charge in [0.05, 0.1) is 18.6 Å². The summed E-state index contributed by atoms with van der Waals surface area (Å²) in [4.78, 5) is 23.4. The predicted molar refractivity (Wildman–Crippen MR) is 121 cm³/mol. The zero-order valence-corrected chi connectivity index (χ0v) is 20.3. The number of rotatable bonds is 9. The first-order valence-corrected chi connectivity index (χ1v) is 13.5. The lowest BCUT2D eigenvalue weighted by molar-refractivity contribution is -0.153. The van der Waals surface area contributed by atoms with Gasteiger partial charge in [0.1, 0.15) is 12.4 Å². The first kappa shape index (κ1) is 24.5. The van der Waals surface area contributed by atoms with E-state index in [1.807, 2.05) is 44.2 Å². The van der Waals surface area contributed by atoms with E-state index < -0.39 is 20.5 Å². The largest absolute Gasteiger partial charge is 0.457 e. The van der Waals surface area contributed by atoms with Crippen molar-refractivity contribution >= 4 is 20.6 Å². The molecule has 166 valence electrons. The second-order valence-electron chi connectivity index (χ2n) is 9.67. The number of cyclic esters (lactones) is 1. The normalized spacial score (nSPS) is 24.6. The van der Waals surface area contributed by atoms with Gasteiger partial charge in [0.25, 0.3) is 0 Å². The number of hydrogen-bond acceptors (Lipinski definition) is 5. The molecule has 0 spiro atoms. The summed E-state index contributed by atoms with van der Waals surface area (Å²) in [6.07, 6.45) is 2.67. The van der Waals surface area contributed by atoms with Crippen LogP contribution in [0.2, 0.25) is 18.1 Å². The predicted octanol–water partition coefficient (Wildman–Crippen LogP) is 4.91. The molecule has 30 heavy (non-hydrogen) atoms. The van der Waals surface area contributed by atoms with Crippen molar-refractivity contribution in [2.75, 3.05) is 0 Å². The molecule has 1 aliphatic rings. The van der Waals surface area contributed by atoms with Crippen LogP contribution in [0.4, 0.5) is 0 Å². The van der Waals surface area contributed by atoms with Crippen LogP contribution in [0.25, 0.3) is 0 Å². The molecule has 1 aliphatic heterocycles. The molecular formula is C24H36O5Si. The zero-order chi connectivity index (χ0) is 22.5. The van der Waals surface area contributed by atoms with E-state index in [2.05, 4.69) is 33.9 Å². The summed E-state index contributed by atoms with van der Waals surface area (Å²) in [6, 6.07) is 9.88. The average molecular weight is 433 g/mol. The molecule has 0 aliphatic carbocycles. The lowest BCUT2D eigenvalue weighted by Gasteiger charge is -2.41. The zero-order valence-electron chi connectivity index (χ0n) is 19.3. The molecule has 1 heterocycles. The third-order valence-electron chi connectivity index (χ3n) is 6.30. The highest BCUT2D eigenvalue weighted by Crippen LogP contribution is 2.41. The van der Waals surface area contributed by atoms with Crippen molar-refractivity contribution in [3.05, 3.63) is 48.0 Å². The topological polar surface area (TPSA) is 61.8 Å². The molecule has 5 nitrogen and oxygen atoms in total. The minimum absolute atomic E-state index is 0.00629. The van der Waals surface area contributed by atoms with Crippen molar-refractivity contribution in [3.8, 4) is 0 Å². The summed E-state index contributed by atoms with van der Waals surface area (Å²) < 4.78 is 18.8. The Kier molecular flexibility index (Phi) is 8.19. The Morgan fingerprint density at radius 3 is 2.40 bits per heavy atom. The van der Waals surface area contributed by atoms with Gasteiger partial charge in [-0.1, -0.05) is 64.1 Å². The van der Waals surface area contributed by atoms with Gasteiger partial charge in [-0.05, 0) is 36.7 Å². The van der Waals surface area contributed by atoms with Crippen molar-refractivity contribution in [1.82, 2.24) is 0 Å². The van der Waals surface area contributed by atoms with Crippen molar-refractivity contribution in [2.24, 2.45) is 11.8 Å². The van der Waals surface area contributed by atoms with Crippen LogP contribution in [0, 0.1) is 11.8 Å². The number of ether oxygens (including phenoxy) is 2. The second-order valence-corrected chi connectivity index (χ2v) is 14.4. The Morgan fingerprint density at radius 1 is 1.20 bits per heavy atom. The van der Waals surface area contributed by atoms with Crippen molar-refractivity contribution < 1.29 is 23.5 Å². The van der Waals surface area contributed by atoms with Gasteiger partial charge in [-0.15, -0.1) is 0 Å². The monoisotopic (exact) mass is 432 g/mol. The Labute approximate surface area is 181 Å². The van der Waals surface area contributed by atoms with Crippen LogP contribution in [0.15, 0.2) is 42.5 Å². The van der Waals surface area contributed by atoms with Crippen LogP contribution in [0.3, 0.4) is 0 Å². The van der Waals surface area contributed by atoms with Crippen LogP contribution in [0.1, 0.15) is 40.2 Å². The molecule has 1 fully saturated rings. The quantitative estimate of drug-likeness (QED) is 0.240. The van der Waals surface area contributed by atoms with Crippen molar-refractivity contribution in [2.45, 2.75) is 77.7 Å². The molecule has 1 aromatic carbocycles. The third kappa shape index (κ3) is 5.90. The summed E-state index contributed by atoms with van der Waals surface area (Å²) in [5.41, 5.74) is 1.04. The number of carbonyl (C=O) groups excluding carboxylic acids is 2. The summed E-state index contributed by atoms with van der Waals surface area (Å²) in [6.45, 7) is 15.1. The Bertz CT molecular complexity index is 738. The number of esters is 1. The van der Waals surface area contributed by atoms with Crippen LogP contribution in [0.5, 0.6) is 0 Å². The van der Waals surface area contributed by atoms with E-state index in [0.717, 1.165) is 11.8 Å². The van der Waals surface area contributed by atoms with E-state index in [-0.39, 0.29) is 28.9 Å². The molecule has 5 atom stereocenters. The lowest BCUT2D eigenvalue weighted by atomic mass is 9.92. The minimum atomic E-state index is -2.14. The first-order chi connectivity index (χ1) is 14.0. The fraction of sp³-hybridized carbons (Fsp3) is 0.583.